The van der Waals surface area contributed by atoms with E-state index in [1.54, 1.807) is 30.5 Å². The van der Waals surface area contributed by atoms with Gasteiger partial charge >= 0.3 is 6.09 Å². The van der Waals surface area contributed by atoms with Crippen molar-refractivity contribution < 1.29 is 9.53 Å². The highest BCUT2D eigenvalue weighted by Gasteiger charge is 2.10. The number of hydrogen-bond acceptors (Lipinski definition) is 4. The fourth-order valence-electron chi connectivity index (χ4n) is 2.16. The summed E-state index contributed by atoms with van der Waals surface area (Å²) in [6.45, 7) is 0.0901. The molecule has 0 spiro atoms. The Kier molecular flexibility index (Phi) is 7.01. The van der Waals surface area contributed by atoms with Crippen LogP contribution in [0.4, 0.5) is 10.5 Å². The number of aromatic nitrogens is 1. The van der Waals surface area contributed by atoms with Crippen LogP contribution in [-0.2, 0) is 11.3 Å². The molecule has 2 aromatic carbocycles. The minimum atomic E-state index is -0.600. The zero-order chi connectivity index (χ0) is 19.2. The minimum Gasteiger partial charge on any atom is -0.444 e. The first-order chi connectivity index (χ1) is 13.0. The molecule has 1 aromatic heterocycles. The molecule has 3 rings (SSSR count). The number of rotatable bonds is 5. The van der Waals surface area contributed by atoms with Gasteiger partial charge in [0, 0.05) is 36.9 Å². The van der Waals surface area contributed by atoms with Gasteiger partial charge in [0.05, 0.1) is 0 Å². The number of benzene rings is 2. The molecule has 4 nitrogen and oxygen atoms in total. The Morgan fingerprint density at radius 1 is 1.11 bits per heavy atom. The third kappa shape index (κ3) is 6.14. The van der Waals surface area contributed by atoms with Gasteiger partial charge in [-0.25, -0.2) is 9.78 Å². The first-order valence-corrected chi connectivity index (χ1v) is 10.1. The summed E-state index contributed by atoms with van der Waals surface area (Å²) in [6, 6.07) is 16.3. The van der Waals surface area contributed by atoms with E-state index in [1.807, 2.05) is 30.3 Å². The van der Waals surface area contributed by atoms with Crippen LogP contribution in [0.5, 0.6) is 0 Å². The lowest BCUT2D eigenvalue weighted by molar-refractivity contribution is 0.154. The number of halogens is 3. The normalized spacial score (nSPS) is 10.5. The fraction of sp³-hybridized carbons (Fsp3) is 0.0526. The second-order valence-corrected chi connectivity index (χ2v) is 8.23. The maximum atomic E-state index is 12.1. The summed E-state index contributed by atoms with van der Waals surface area (Å²) in [7, 11) is 0. The predicted octanol–water partition coefficient (Wildman–Crippen LogP) is 7.05. The Balaban J connectivity index is 1.63. The van der Waals surface area contributed by atoms with Crippen molar-refractivity contribution in [1.82, 2.24) is 4.98 Å². The molecule has 0 aliphatic heterocycles. The van der Waals surface area contributed by atoms with Crippen LogP contribution in [0.15, 0.2) is 75.2 Å². The number of carbonyl (C=O) groups is 1. The second-order valence-electron chi connectivity index (χ2n) is 5.38. The van der Waals surface area contributed by atoms with E-state index in [4.69, 9.17) is 27.9 Å². The van der Waals surface area contributed by atoms with Crippen LogP contribution < -0.4 is 5.32 Å². The largest absolute Gasteiger partial charge is 0.444 e. The molecule has 0 unspecified atom stereocenters. The summed E-state index contributed by atoms with van der Waals surface area (Å²) in [5, 5.41) is 4.24. The highest BCUT2D eigenvalue weighted by atomic mass is 79.9. The smallest absolute Gasteiger partial charge is 0.411 e. The van der Waals surface area contributed by atoms with E-state index in [1.165, 1.54) is 11.8 Å². The molecule has 0 aliphatic rings. The maximum absolute atomic E-state index is 12.1. The number of amides is 1. The molecule has 0 fully saturated rings. The zero-order valence-electron chi connectivity index (χ0n) is 13.8. The molecule has 0 aliphatic carbocycles. The Labute approximate surface area is 179 Å². The Bertz CT molecular complexity index is 934. The summed E-state index contributed by atoms with van der Waals surface area (Å²) in [5.41, 5.74) is 1.28. The van der Waals surface area contributed by atoms with Crippen LogP contribution in [0.25, 0.3) is 0 Å². The van der Waals surface area contributed by atoms with Gasteiger partial charge in [-0.1, -0.05) is 57.0 Å². The van der Waals surface area contributed by atoms with Crippen LogP contribution in [-0.4, -0.2) is 11.1 Å². The third-order valence-corrected chi connectivity index (χ3v) is 5.38. The first kappa shape index (κ1) is 20.0. The minimum absolute atomic E-state index is 0.0901. The van der Waals surface area contributed by atoms with E-state index in [2.05, 4.69) is 26.2 Å². The van der Waals surface area contributed by atoms with Crippen molar-refractivity contribution >= 4 is 62.7 Å². The molecule has 1 amide bonds. The molecule has 0 atom stereocenters. The van der Waals surface area contributed by atoms with Gasteiger partial charge < -0.3 is 4.74 Å². The van der Waals surface area contributed by atoms with Crippen molar-refractivity contribution in [3.05, 3.63) is 80.9 Å². The molecule has 0 radical (unpaired) electrons. The SMILES string of the molecule is O=C(Nc1cc(Cl)cc(Cl)c1)OCc1cccnc1Sc1ccc(Br)cc1. The quantitative estimate of drug-likeness (QED) is 0.422. The molecule has 0 bridgehead atoms. The molecule has 1 heterocycles. The number of nitrogens with one attached hydrogen (secondary N) is 1. The Morgan fingerprint density at radius 3 is 2.52 bits per heavy atom. The topological polar surface area (TPSA) is 51.2 Å². The van der Waals surface area contributed by atoms with Crippen molar-refractivity contribution in [3.8, 4) is 0 Å². The van der Waals surface area contributed by atoms with Gasteiger partial charge in [0.25, 0.3) is 0 Å². The van der Waals surface area contributed by atoms with Gasteiger partial charge in [-0.05, 0) is 48.5 Å². The number of nitrogens with zero attached hydrogens (tertiary/aromatic N) is 1. The summed E-state index contributed by atoms with van der Waals surface area (Å²) in [4.78, 5) is 17.5. The van der Waals surface area contributed by atoms with E-state index in [-0.39, 0.29) is 6.61 Å². The Morgan fingerprint density at radius 2 is 1.81 bits per heavy atom. The number of pyridine rings is 1. The van der Waals surface area contributed by atoms with Crippen molar-refractivity contribution in [3.63, 3.8) is 0 Å². The lowest BCUT2D eigenvalue weighted by Crippen LogP contribution is -2.14. The standard InChI is InChI=1S/C19H13BrCl2N2O2S/c20-13-3-5-17(6-4-13)27-18-12(2-1-7-23-18)11-26-19(25)24-16-9-14(21)8-15(22)10-16/h1-10H,11H2,(H,24,25). The number of ether oxygens (including phenoxy) is 1. The number of carbonyl (C=O) groups excluding carboxylic acids is 1. The number of anilines is 1. The lowest BCUT2D eigenvalue weighted by atomic mass is 10.3. The van der Waals surface area contributed by atoms with Gasteiger partial charge in [-0.15, -0.1) is 0 Å². The average molecular weight is 484 g/mol. The number of hydrogen-bond donors (Lipinski definition) is 1. The summed E-state index contributed by atoms with van der Waals surface area (Å²) in [6.07, 6.45) is 1.11. The second kappa shape index (κ2) is 9.46. The molecular weight excluding hydrogens is 471 g/mol. The van der Waals surface area contributed by atoms with Gasteiger partial charge in [0.15, 0.2) is 0 Å². The third-order valence-electron chi connectivity index (χ3n) is 3.35. The van der Waals surface area contributed by atoms with Crippen LogP contribution >= 0.6 is 50.9 Å². The van der Waals surface area contributed by atoms with E-state index < -0.39 is 6.09 Å². The first-order valence-electron chi connectivity index (χ1n) is 7.77. The molecule has 1 N–H and O–H groups in total. The van der Waals surface area contributed by atoms with Crippen LogP contribution in [0.2, 0.25) is 10.0 Å². The van der Waals surface area contributed by atoms with Crippen LogP contribution in [0.3, 0.4) is 0 Å². The van der Waals surface area contributed by atoms with E-state index in [0.717, 1.165) is 20.0 Å². The summed E-state index contributed by atoms with van der Waals surface area (Å²) >= 11 is 16.8. The molecule has 0 saturated carbocycles. The van der Waals surface area contributed by atoms with Crippen molar-refractivity contribution in [2.24, 2.45) is 0 Å². The molecular formula is C19H13BrCl2N2O2S. The summed E-state index contributed by atoms with van der Waals surface area (Å²) < 4.78 is 6.32. The van der Waals surface area contributed by atoms with Gasteiger partial charge in [0.1, 0.15) is 11.6 Å². The molecule has 138 valence electrons. The van der Waals surface area contributed by atoms with Gasteiger partial charge in [-0.3, -0.25) is 5.32 Å². The van der Waals surface area contributed by atoms with E-state index in [0.29, 0.717) is 15.7 Å². The molecule has 8 heteroatoms. The van der Waals surface area contributed by atoms with E-state index in [9.17, 15) is 4.79 Å². The van der Waals surface area contributed by atoms with Crippen molar-refractivity contribution in [1.29, 1.82) is 0 Å². The highest BCUT2D eigenvalue weighted by Crippen LogP contribution is 2.30. The van der Waals surface area contributed by atoms with Crippen LogP contribution in [0, 0.1) is 0 Å². The molecule has 3 aromatic rings. The van der Waals surface area contributed by atoms with Gasteiger partial charge in [-0.2, -0.15) is 0 Å². The van der Waals surface area contributed by atoms with E-state index >= 15 is 0 Å². The lowest BCUT2D eigenvalue weighted by Gasteiger charge is -2.10. The Hall–Kier alpha value is -1.73. The molecule has 27 heavy (non-hydrogen) atoms. The molecule has 0 saturated heterocycles. The van der Waals surface area contributed by atoms with Crippen molar-refractivity contribution in [2.75, 3.05) is 5.32 Å². The zero-order valence-corrected chi connectivity index (χ0v) is 17.7. The maximum Gasteiger partial charge on any atom is 0.411 e. The average Bonchev–Trinajstić information content (AvgIpc) is 2.62. The van der Waals surface area contributed by atoms with Crippen molar-refractivity contribution in [2.45, 2.75) is 16.5 Å². The van der Waals surface area contributed by atoms with Crippen LogP contribution in [0.1, 0.15) is 5.56 Å². The predicted molar refractivity (Wildman–Crippen MR) is 113 cm³/mol. The van der Waals surface area contributed by atoms with Gasteiger partial charge in [0.2, 0.25) is 0 Å². The fourth-order valence-corrected chi connectivity index (χ4v) is 3.82. The monoisotopic (exact) mass is 482 g/mol. The summed E-state index contributed by atoms with van der Waals surface area (Å²) in [5.74, 6) is 0. The highest BCUT2D eigenvalue weighted by molar-refractivity contribution is 9.10.